The van der Waals surface area contributed by atoms with E-state index >= 15 is 0 Å². The lowest BCUT2D eigenvalue weighted by atomic mass is 10.1. The maximum atomic E-state index is 11.8. The van der Waals surface area contributed by atoms with Gasteiger partial charge < -0.3 is 9.47 Å². The van der Waals surface area contributed by atoms with Crippen LogP contribution in [0.2, 0.25) is 15.1 Å². The molecule has 2 rings (SSSR count). The molecule has 0 bridgehead atoms. The van der Waals surface area contributed by atoms with E-state index in [0.717, 1.165) is 0 Å². The monoisotopic (exact) mass is 372 g/mol. The highest BCUT2D eigenvalue weighted by Crippen LogP contribution is 2.33. The van der Waals surface area contributed by atoms with Gasteiger partial charge in [-0.1, -0.05) is 65.1 Å². The summed E-state index contributed by atoms with van der Waals surface area (Å²) in [5, 5.41) is 0.742. The van der Waals surface area contributed by atoms with E-state index < -0.39 is 12.6 Å². The molecule has 0 aliphatic heterocycles. The molecule has 0 aliphatic rings. The highest BCUT2D eigenvalue weighted by atomic mass is 35.5. The highest BCUT2D eigenvalue weighted by Gasteiger charge is 2.12. The zero-order valence-electron chi connectivity index (χ0n) is 11.7. The molecule has 0 heterocycles. The van der Waals surface area contributed by atoms with Crippen LogP contribution in [0.15, 0.2) is 42.5 Å². The van der Waals surface area contributed by atoms with Gasteiger partial charge in [0.15, 0.2) is 19.0 Å². The van der Waals surface area contributed by atoms with E-state index in [-0.39, 0.29) is 33.2 Å². The molecule has 2 aromatic carbocycles. The van der Waals surface area contributed by atoms with Crippen LogP contribution in [0.3, 0.4) is 0 Å². The zero-order chi connectivity index (χ0) is 16.8. The van der Waals surface area contributed by atoms with Crippen molar-refractivity contribution in [2.24, 2.45) is 0 Å². The lowest BCUT2D eigenvalue weighted by Gasteiger charge is -2.09. The van der Waals surface area contributed by atoms with Gasteiger partial charge in [-0.3, -0.25) is 4.79 Å². The van der Waals surface area contributed by atoms with Gasteiger partial charge in [0.05, 0.1) is 15.1 Å². The molecule has 0 saturated carbocycles. The normalized spacial score (nSPS) is 10.2. The third-order valence-corrected chi connectivity index (χ3v) is 3.80. The van der Waals surface area contributed by atoms with Crippen molar-refractivity contribution in [2.45, 2.75) is 0 Å². The number of esters is 1. The molecule has 7 heteroatoms. The number of ether oxygens (including phenoxy) is 2. The van der Waals surface area contributed by atoms with E-state index in [1.54, 1.807) is 30.3 Å². The third kappa shape index (κ3) is 5.13. The second kappa shape index (κ2) is 8.20. The van der Waals surface area contributed by atoms with Crippen molar-refractivity contribution < 1.29 is 19.1 Å². The molecular weight excluding hydrogens is 363 g/mol. The summed E-state index contributed by atoms with van der Waals surface area (Å²) in [6.07, 6.45) is 0. The van der Waals surface area contributed by atoms with Gasteiger partial charge in [-0.05, 0) is 6.07 Å². The first-order valence-corrected chi connectivity index (χ1v) is 7.62. The topological polar surface area (TPSA) is 52.6 Å². The molecule has 23 heavy (non-hydrogen) atoms. The second-order valence-corrected chi connectivity index (χ2v) is 5.66. The summed E-state index contributed by atoms with van der Waals surface area (Å²) in [5.41, 5.74) is 0.466. The Morgan fingerprint density at radius 3 is 2.22 bits per heavy atom. The summed E-state index contributed by atoms with van der Waals surface area (Å²) >= 11 is 17.5. The Kier molecular flexibility index (Phi) is 6.28. The van der Waals surface area contributed by atoms with Crippen molar-refractivity contribution in [3.63, 3.8) is 0 Å². The number of hydrogen-bond acceptors (Lipinski definition) is 4. The van der Waals surface area contributed by atoms with Crippen LogP contribution in [0.1, 0.15) is 10.4 Å². The Balaban J connectivity index is 1.84. The Bertz CT molecular complexity index is 717. The molecule has 4 nitrogen and oxygen atoms in total. The van der Waals surface area contributed by atoms with Gasteiger partial charge in [-0.15, -0.1) is 0 Å². The number of Topliss-reactive ketones (excluding diaryl/α,β-unsaturated/α-hetero) is 1. The number of ketones is 1. The van der Waals surface area contributed by atoms with E-state index in [4.69, 9.17) is 44.3 Å². The Labute approximate surface area is 147 Å². The van der Waals surface area contributed by atoms with Crippen LogP contribution in [0, 0.1) is 0 Å². The summed E-state index contributed by atoms with van der Waals surface area (Å²) in [6, 6.07) is 11.3. The summed E-state index contributed by atoms with van der Waals surface area (Å²) in [4.78, 5) is 23.4. The predicted octanol–water partition coefficient (Wildman–Crippen LogP) is 4.45. The Morgan fingerprint density at radius 2 is 1.52 bits per heavy atom. The molecule has 0 aromatic heterocycles. The first-order valence-electron chi connectivity index (χ1n) is 6.48. The van der Waals surface area contributed by atoms with Crippen molar-refractivity contribution >= 4 is 46.6 Å². The van der Waals surface area contributed by atoms with Gasteiger partial charge in [0.2, 0.25) is 0 Å². The second-order valence-electron chi connectivity index (χ2n) is 4.44. The van der Waals surface area contributed by atoms with E-state index in [1.807, 2.05) is 0 Å². The van der Waals surface area contributed by atoms with Crippen molar-refractivity contribution in [3.8, 4) is 5.75 Å². The van der Waals surface area contributed by atoms with E-state index in [1.165, 1.54) is 12.1 Å². The maximum Gasteiger partial charge on any atom is 0.344 e. The Hall–Kier alpha value is -1.75. The first kappa shape index (κ1) is 17.6. The van der Waals surface area contributed by atoms with Crippen LogP contribution in [-0.2, 0) is 9.53 Å². The van der Waals surface area contributed by atoms with Crippen LogP contribution in [0.4, 0.5) is 0 Å². The van der Waals surface area contributed by atoms with Gasteiger partial charge >= 0.3 is 5.97 Å². The van der Waals surface area contributed by atoms with Gasteiger partial charge in [0.1, 0.15) is 5.75 Å². The Morgan fingerprint density at radius 1 is 0.870 bits per heavy atom. The first-order chi connectivity index (χ1) is 11.0. The molecule has 0 radical (unpaired) electrons. The van der Waals surface area contributed by atoms with E-state index in [0.29, 0.717) is 5.56 Å². The average molecular weight is 374 g/mol. The largest absolute Gasteiger partial charge is 0.480 e. The molecule has 0 saturated heterocycles. The molecule has 120 valence electrons. The number of halogens is 3. The molecule has 0 spiro atoms. The molecule has 0 fully saturated rings. The molecular formula is C16H11Cl3O4. The highest BCUT2D eigenvalue weighted by molar-refractivity contribution is 6.43. The molecule has 0 N–H and O–H groups in total. The van der Waals surface area contributed by atoms with Gasteiger partial charge in [-0.25, -0.2) is 4.79 Å². The molecule has 0 aliphatic carbocycles. The molecule has 2 aromatic rings. The minimum Gasteiger partial charge on any atom is -0.480 e. The van der Waals surface area contributed by atoms with Crippen LogP contribution >= 0.6 is 34.8 Å². The smallest absolute Gasteiger partial charge is 0.344 e. The maximum absolute atomic E-state index is 11.8. The fourth-order valence-corrected chi connectivity index (χ4v) is 2.24. The third-order valence-electron chi connectivity index (χ3n) is 2.78. The summed E-state index contributed by atoms with van der Waals surface area (Å²) in [6.45, 7) is -0.763. The van der Waals surface area contributed by atoms with Crippen LogP contribution < -0.4 is 4.74 Å². The minimum atomic E-state index is -0.698. The van der Waals surface area contributed by atoms with Crippen molar-refractivity contribution in [1.29, 1.82) is 0 Å². The molecule has 0 amide bonds. The number of hydrogen-bond donors (Lipinski definition) is 0. The number of carbonyl (C=O) groups is 2. The van der Waals surface area contributed by atoms with E-state index in [2.05, 4.69) is 0 Å². The fraction of sp³-hybridized carbons (Fsp3) is 0.125. The predicted molar refractivity (Wildman–Crippen MR) is 88.7 cm³/mol. The van der Waals surface area contributed by atoms with Crippen molar-refractivity contribution in [1.82, 2.24) is 0 Å². The molecule has 0 unspecified atom stereocenters. The van der Waals surface area contributed by atoms with E-state index in [9.17, 15) is 9.59 Å². The standard InChI is InChI=1S/C16H11Cl3O4/c17-11-6-13(19)15(7-12(11)18)22-9-16(21)23-8-14(20)10-4-2-1-3-5-10/h1-7H,8-9H2. The average Bonchev–Trinajstić information content (AvgIpc) is 2.55. The summed E-state index contributed by atoms with van der Waals surface area (Å²) < 4.78 is 10.1. The van der Waals surface area contributed by atoms with Crippen molar-refractivity contribution in [3.05, 3.63) is 63.1 Å². The number of benzene rings is 2. The summed E-state index contributed by atoms with van der Waals surface area (Å²) in [5.74, 6) is -0.796. The van der Waals surface area contributed by atoms with Gasteiger partial charge in [0.25, 0.3) is 0 Å². The van der Waals surface area contributed by atoms with Gasteiger partial charge in [0, 0.05) is 11.6 Å². The van der Waals surface area contributed by atoms with Gasteiger partial charge in [-0.2, -0.15) is 0 Å². The fourth-order valence-electron chi connectivity index (χ4n) is 1.65. The molecule has 0 atom stereocenters. The quantitative estimate of drug-likeness (QED) is 0.426. The van der Waals surface area contributed by atoms with Crippen molar-refractivity contribution in [2.75, 3.05) is 13.2 Å². The number of rotatable bonds is 6. The number of carbonyl (C=O) groups excluding carboxylic acids is 2. The van der Waals surface area contributed by atoms with Crippen LogP contribution in [0.5, 0.6) is 5.75 Å². The SMILES string of the molecule is O=C(COc1cc(Cl)c(Cl)cc1Cl)OCC(=O)c1ccccc1. The zero-order valence-corrected chi connectivity index (χ0v) is 14.0. The lowest BCUT2D eigenvalue weighted by Crippen LogP contribution is -2.19. The summed E-state index contributed by atoms with van der Waals surface area (Å²) in [7, 11) is 0. The lowest BCUT2D eigenvalue weighted by molar-refractivity contribution is -0.144. The van der Waals surface area contributed by atoms with Crippen LogP contribution in [0.25, 0.3) is 0 Å². The minimum absolute atomic E-state index is 0.201. The van der Waals surface area contributed by atoms with Crippen LogP contribution in [-0.4, -0.2) is 25.0 Å².